The van der Waals surface area contributed by atoms with E-state index in [0.717, 1.165) is 17.5 Å². The molecule has 0 heterocycles. The van der Waals surface area contributed by atoms with Gasteiger partial charge in [-0.1, -0.05) is 56.3 Å². The Kier molecular flexibility index (Phi) is 10.5. The largest absolute Gasteiger partial charge is 0.497 e. The number of aliphatic hydroxyl groups is 1. The van der Waals surface area contributed by atoms with Gasteiger partial charge >= 0.3 is 12.0 Å². The van der Waals surface area contributed by atoms with Gasteiger partial charge in [-0.2, -0.15) is 0 Å². The minimum Gasteiger partial charge on any atom is -0.497 e. The molecule has 0 unspecified atom stereocenters. The summed E-state index contributed by atoms with van der Waals surface area (Å²) in [5.74, 6) is 0.615. The molecule has 0 fully saturated rings. The van der Waals surface area contributed by atoms with Crippen LogP contribution in [-0.2, 0) is 22.6 Å². The maximum atomic E-state index is 12.9. The summed E-state index contributed by atoms with van der Waals surface area (Å²) in [5, 5.41) is 12.2. The van der Waals surface area contributed by atoms with Crippen molar-refractivity contribution in [2.45, 2.75) is 39.3 Å². The molecule has 2 amide bonds. The van der Waals surface area contributed by atoms with E-state index in [9.17, 15) is 14.7 Å². The average molecular weight is 443 g/mol. The molecule has 0 saturated heterocycles. The normalized spacial score (nSPS) is 11.7. The van der Waals surface area contributed by atoms with Gasteiger partial charge in [-0.05, 0) is 35.6 Å². The molecule has 0 spiro atoms. The first-order chi connectivity index (χ1) is 15.4. The molecule has 2 aromatic carbocycles. The van der Waals surface area contributed by atoms with Crippen LogP contribution in [0.4, 0.5) is 4.79 Å². The second-order valence-electron chi connectivity index (χ2n) is 8.04. The van der Waals surface area contributed by atoms with E-state index in [4.69, 9.17) is 9.47 Å². The fraction of sp³-hybridized carbons (Fsp3) is 0.440. The van der Waals surface area contributed by atoms with Crippen molar-refractivity contribution < 1.29 is 24.2 Å². The fourth-order valence-electron chi connectivity index (χ4n) is 3.11. The number of nitrogens with zero attached hydrogens (tertiary/aromatic N) is 1. The Labute approximate surface area is 190 Å². The third kappa shape index (κ3) is 8.59. The first kappa shape index (κ1) is 25.2. The van der Waals surface area contributed by atoms with E-state index in [1.54, 1.807) is 7.11 Å². The summed E-state index contributed by atoms with van der Waals surface area (Å²) in [4.78, 5) is 27.3. The maximum absolute atomic E-state index is 12.9. The molecule has 0 saturated carbocycles. The van der Waals surface area contributed by atoms with Gasteiger partial charge < -0.3 is 24.8 Å². The van der Waals surface area contributed by atoms with Crippen LogP contribution < -0.4 is 10.1 Å². The molecule has 32 heavy (non-hydrogen) atoms. The number of benzene rings is 2. The van der Waals surface area contributed by atoms with Gasteiger partial charge in [-0.25, -0.2) is 9.59 Å². The van der Waals surface area contributed by atoms with Crippen molar-refractivity contribution in [1.29, 1.82) is 0 Å². The van der Waals surface area contributed by atoms with E-state index in [-0.39, 0.29) is 26.2 Å². The number of urea groups is 1. The standard InChI is InChI=1S/C25H34N2O5/c1-19(2)13-14-27(15-16-28)25(30)26-23(17-20-9-11-22(31-3)12-10-20)24(29)32-18-21-7-5-4-6-8-21/h4-12,19,23,28H,13-18H2,1-3H3,(H,26,30)/t23-/m0/s1. The Bertz CT molecular complexity index is 824. The summed E-state index contributed by atoms with van der Waals surface area (Å²) in [6, 6.07) is 15.5. The molecule has 2 aromatic rings. The molecule has 0 aromatic heterocycles. The summed E-state index contributed by atoms with van der Waals surface area (Å²) >= 11 is 0. The van der Waals surface area contributed by atoms with Crippen molar-refractivity contribution in [3.05, 3.63) is 65.7 Å². The van der Waals surface area contributed by atoms with E-state index in [2.05, 4.69) is 19.2 Å². The highest BCUT2D eigenvalue weighted by molar-refractivity contribution is 5.84. The molecular formula is C25H34N2O5. The van der Waals surface area contributed by atoms with Crippen LogP contribution in [0.1, 0.15) is 31.4 Å². The van der Waals surface area contributed by atoms with E-state index >= 15 is 0 Å². The molecule has 0 aliphatic heterocycles. The Hall–Kier alpha value is -3.06. The van der Waals surface area contributed by atoms with Gasteiger partial charge in [0.25, 0.3) is 0 Å². The molecule has 2 N–H and O–H groups in total. The van der Waals surface area contributed by atoms with Crippen molar-refractivity contribution in [2.24, 2.45) is 5.92 Å². The highest BCUT2D eigenvalue weighted by Crippen LogP contribution is 2.14. The molecule has 2 rings (SSSR count). The zero-order valence-electron chi connectivity index (χ0n) is 19.1. The number of carbonyl (C=O) groups is 2. The lowest BCUT2D eigenvalue weighted by atomic mass is 10.1. The lowest BCUT2D eigenvalue weighted by Gasteiger charge is -2.26. The average Bonchev–Trinajstić information content (AvgIpc) is 2.80. The van der Waals surface area contributed by atoms with Crippen LogP contribution in [0.15, 0.2) is 54.6 Å². The quantitative estimate of drug-likeness (QED) is 0.492. The van der Waals surface area contributed by atoms with Gasteiger partial charge in [0, 0.05) is 19.5 Å². The highest BCUT2D eigenvalue weighted by Gasteiger charge is 2.25. The predicted molar refractivity (Wildman–Crippen MR) is 123 cm³/mol. The van der Waals surface area contributed by atoms with Gasteiger partial charge in [0.05, 0.1) is 13.7 Å². The highest BCUT2D eigenvalue weighted by atomic mass is 16.5. The van der Waals surface area contributed by atoms with Gasteiger partial charge in [0.2, 0.25) is 0 Å². The van der Waals surface area contributed by atoms with E-state index in [0.29, 0.717) is 18.2 Å². The molecule has 0 radical (unpaired) electrons. The van der Waals surface area contributed by atoms with Crippen molar-refractivity contribution in [1.82, 2.24) is 10.2 Å². The third-order valence-electron chi connectivity index (χ3n) is 5.04. The topological polar surface area (TPSA) is 88.1 Å². The van der Waals surface area contributed by atoms with Crippen LogP contribution in [0.3, 0.4) is 0 Å². The van der Waals surface area contributed by atoms with E-state index in [1.165, 1.54) is 4.90 Å². The van der Waals surface area contributed by atoms with Crippen LogP contribution in [0.2, 0.25) is 0 Å². The fourth-order valence-corrected chi connectivity index (χ4v) is 3.11. The minimum absolute atomic E-state index is 0.127. The zero-order chi connectivity index (χ0) is 23.3. The molecule has 0 bridgehead atoms. The number of ether oxygens (including phenoxy) is 2. The van der Waals surface area contributed by atoms with Crippen LogP contribution in [0.25, 0.3) is 0 Å². The summed E-state index contributed by atoms with van der Waals surface area (Å²) < 4.78 is 10.7. The first-order valence-corrected chi connectivity index (χ1v) is 10.9. The Balaban J connectivity index is 2.11. The number of hydrogen-bond acceptors (Lipinski definition) is 5. The third-order valence-corrected chi connectivity index (χ3v) is 5.04. The SMILES string of the molecule is COc1ccc(C[C@H](NC(=O)N(CCO)CCC(C)C)C(=O)OCc2ccccc2)cc1. The van der Waals surface area contributed by atoms with Gasteiger partial charge in [-0.15, -0.1) is 0 Å². The Morgan fingerprint density at radius 1 is 1.00 bits per heavy atom. The monoisotopic (exact) mass is 442 g/mol. The molecule has 7 heteroatoms. The second kappa shape index (κ2) is 13.4. The van der Waals surface area contributed by atoms with Crippen molar-refractivity contribution in [2.75, 3.05) is 26.8 Å². The number of hydrogen-bond donors (Lipinski definition) is 2. The lowest BCUT2D eigenvalue weighted by Crippen LogP contribution is -2.50. The summed E-state index contributed by atoms with van der Waals surface area (Å²) in [5.41, 5.74) is 1.73. The summed E-state index contributed by atoms with van der Waals surface area (Å²) in [7, 11) is 1.59. The van der Waals surface area contributed by atoms with Crippen LogP contribution >= 0.6 is 0 Å². The van der Waals surface area contributed by atoms with E-state index < -0.39 is 18.0 Å². The van der Waals surface area contributed by atoms with Crippen molar-refractivity contribution in [3.63, 3.8) is 0 Å². The molecule has 1 atom stereocenters. The van der Waals surface area contributed by atoms with Crippen LogP contribution in [0.5, 0.6) is 5.75 Å². The minimum atomic E-state index is -0.861. The molecular weight excluding hydrogens is 408 g/mol. The van der Waals surface area contributed by atoms with Gasteiger partial charge in [0.15, 0.2) is 0 Å². The molecule has 0 aliphatic rings. The molecule has 174 valence electrons. The zero-order valence-corrected chi connectivity index (χ0v) is 19.1. The molecule has 7 nitrogen and oxygen atoms in total. The van der Waals surface area contributed by atoms with Crippen molar-refractivity contribution >= 4 is 12.0 Å². The molecule has 0 aliphatic carbocycles. The van der Waals surface area contributed by atoms with E-state index in [1.807, 2.05) is 54.6 Å². The Morgan fingerprint density at radius 3 is 2.28 bits per heavy atom. The van der Waals surface area contributed by atoms with Gasteiger partial charge in [-0.3, -0.25) is 0 Å². The van der Waals surface area contributed by atoms with Crippen LogP contribution in [-0.4, -0.2) is 54.9 Å². The smallest absolute Gasteiger partial charge is 0.329 e. The number of nitrogens with one attached hydrogen (secondary N) is 1. The predicted octanol–water partition coefficient (Wildman–Crippen LogP) is 3.40. The first-order valence-electron chi connectivity index (χ1n) is 10.9. The maximum Gasteiger partial charge on any atom is 0.329 e. The van der Waals surface area contributed by atoms with Crippen LogP contribution in [0, 0.1) is 5.92 Å². The number of methoxy groups -OCH3 is 1. The summed E-state index contributed by atoms with van der Waals surface area (Å²) in [6.45, 7) is 4.83. The number of aliphatic hydroxyl groups excluding tert-OH is 1. The van der Waals surface area contributed by atoms with Crippen molar-refractivity contribution in [3.8, 4) is 5.75 Å². The number of esters is 1. The lowest BCUT2D eigenvalue weighted by molar-refractivity contribution is -0.147. The summed E-state index contributed by atoms with van der Waals surface area (Å²) in [6.07, 6.45) is 1.08. The second-order valence-corrected chi connectivity index (χ2v) is 8.04. The number of carbonyl (C=O) groups excluding carboxylic acids is 2. The van der Waals surface area contributed by atoms with Gasteiger partial charge in [0.1, 0.15) is 18.4 Å². The Morgan fingerprint density at radius 2 is 1.69 bits per heavy atom. The number of amides is 2. The number of rotatable bonds is 12.